The summed E-state index contributed by atoms with van der Waals surface area (Å²) in [5, 5.41) is 3.58. The van der Waals surface area contributed by atoms with Crippen LogP contribution in [-0.2, 0) is 22.6 Å². The van der Waals surface area contributed by atoms with Crippen molar-refractivity contribution < 1.29 is 19.1 Å². The first-order chi connectivity index (χ1) is 17.4. The van der Waals surface area contributed by atoms with Crippen LogP contribution in [0, 0.1) is 5.92 Å². The molecule has 1 atom stereocenters. The van der Waals surface area contributed by atoms with Gasteiger partial charge in [0.2, 0.25) is 5.91 Å². The highest BCUT2D eigenvalue weighted by Gasteiger charge is 2.30. The maximum absolute atomic E-state index is 13.6. The lowest BCUT2D eigenvalue weighted by Gasteiger charge is -2.31. The zero-order chi connectivity index (χ0) is 25.9. The van der Waals surface area contributed by atoms with Gasteiger partial charge in [0, 0.05) is 24.5 Å². The highest BCUT2D eigenvalue weighted by atomic mass is 35.5. The van der Waals surface area contributed by atoms with Crippen LogP contribution >= 0.6 is 11.6 Å². The van der Waals surface area contributed by atoms with Crippen LogP contribution in [0.4, 0.5) is 0 Å². The molecule has 7 heteroatoms. The number of nitrogens with one attached hydrogen (secondary N) is 1. The van der Waals surface area contributed by atoms with Gasteiger partial charge in [-0.25, -0.2) is 0 Å². The van der Waals surface area contributed by atoms with Gasteiger partial charge in [-0.1, -0.05) is 67.9 Å². The Morgan fingerprint density at radius 3 is 2.22 bits per heavy atom. The number of benzene rings is 3. The van der Waals surface area contributed by atoms with E-state index in [1.807, 2.05) is 56.3 Å². The molecule has 6 nitrogen and oxygen atoms in total. The molecule has 0 saturated carbocycles. The third-order valence-corrected chi connectivity index (χ3v) is 5.85. The molecule has 0 heterocycles. The summed E-state index contributed by atoms with van der Waals surface area (Å²) < 4.78 is 11.0. The number of carbonyl (C=O) groups is 2. The first-order valence-corrected chi connectivity index (χ1v) is 12.4. The fourth-order valence-corrected chi connectivity index (χ4v) is 3.92. The fourth-order valence-electron chi connectivity index (χ4n) is 3.71. The van der Waals surface area contributed by atoms with Crippen molar-refractivity contribution in [3.63, 3.8) is 0 Å². The van der Waals surface area contributed by atoms with E-state index in [-0.39, 0.29) is 30.9 Å². The smallest absolute Gasteiger partial charge is 0.261 e. The van der Waals surface area contributed by atoms with Crippen LogP contribution in [0.5, 0.6) is 11.5 Å². The normalized spacial score (nSPS) is 11.6. The minimum atomic E-state index is -0.725. The van der Waals surface area contributed by atoms with Crippen molar-refractivity contribution >= 4 is 23.4 Å². The number of hydrogen-bond acceptors (Lipinski definition) is 4. The molecule has 1 unspecified atom stereocenters. The zero-order valence-electron chi connectivity index (χ0n) is 20.9. The molecular weight excluding hydrogens is 476 g/mol. The lowest BCUT2D eigenvalue weighted by atomic mass is 10.0. The Labute approximate surface area is 218 Å². The van der Waals surface area contributed by atoms with Crippen LogP contribution in [0.15, 0.2) is 78.9 Å². The lowest BCUT2D eigenvalue weighted by molar-refractivity contribution is -0.142. The average Bonchev–Trinajstić information content (AvgIpc) is 2.88. The summed E-state index contributed by atoms with van der Waals surface area (Å²) in [6.45, 7) is 4.59. The van der Waals surface area contributed by atoms with Gasteiger partial charge >= 0.3 is 0 Å². The highest BCUT2D eigenvalue weighted by molar-refractivity contribution is 6.30. The maximum Gasteiger partial charge on any atom is 0.261 e. The summed E-state index contributed by atoms with van der Waals surface area (Å²) in [5.74, 6) is 1.01. The van der Waals surface area contributed by atoms with E-state index in [0.717, 1.165) is 11.1 Å². The molecule has 3 aromatic rings. The maximum atomic E-state index is 13.6. The number of rotatable bonds is 12. The van der Waals surface area contributed by atoms with E-state index in [0.29, 0.717) is 29.5 Å². The number of carbonyl (C=O) groups excluding carboxylic acids is 2. The molecule has 0 spiro atoms. The van der Waals surface area contributed by atoms with E-state index >= 15 is 0 Å². The molecule has 0 aromatic heterocycles. The Bertz CT molecular complexity index is 1120. The third kappa shape index (κ3) is 8.31. The topological polar surface area (TPSA) is 67.9 Å². The van der Waals surface area contributed by atoms with Gasteiger partial charge in [0.1, 0.15) is 17.5 Å². The van der Waals surface area contributed by atoms with Crippen LogP contribution < -0.4 is 14.8 Å². The molecule has 1 N–H and O–H groups in total. The van der Waals surface area contributed by atoms with Crippen LogP contribution in [0.2, 0.25) is 5.02 Å². The number of methoxy groups -OCH3 is 1. The van der Waals surface area contributed by atoms with Crippen molar-refractivity contribution in [1.82, 2.24) is 10.2 Å². The van der Waals surface area contributed by atoms with Crippen molar-refractivity contribution in [2.24, 2.45) is 5.92 Å². The van der Waals surface area contributed by atoms with Gasteiger partial charge < -0.3 is 19.7 Å². The number of ether oxygens (including phenoxy) is 2. The summed E-state index contributed by atoms with van der Waals surface area (Å²) >= 11 is 6.21. The second kappa shape index (κ2) is 13.5. The van der Waals surface area contributed by atoms with Crippen LogP contribution in [-0.4, -0.2) is 43.0 Å². The van der Waals surface area contributed by atoms with Gasteiger partial charge in [-0.05, 0) is 53.4 Å². The third-order valence-electron chi connectivity index (χ3n) is 5.62. The van der Waals surface area contributed by atoms with Crippen LogP contribution in [0.3, 0.4) is 0 Å². The molecule has 3 aromatic carbocycles. The standard InChI is InChI=1S/C29H33ClN2O4/c1-21(2)18-31-29(34)27(17-22-8-5-4-6-9-22)32(19-23-10-7-11-24(30)16-23)28(33)20-36-26-14-12-25(35-3)13-15-26/h4-16,21,27H,17-20H2,1-3H3,(H,31,34). The van der Waals surface area contributed by atoms with Gasteiger partial charge in [-0.15, -0.1) is 0 Å². The fraction of sp³-hybridized carbons (Fsp3) is 0.310. The van der Waals surface area contributed by atoms with E-state index in [9.17, 15) is 9.59 Å². The Hall–Kier alpha value is -3.51. The summed E-state index contributed by atoms with van der Waals surface area (Å²) in [5.41, 5.74) is 1.79. The second-order valence-electron chi connectivity index (χ2n) is 8.96. The van der Waals surface area contributed by atoms with Gasteiger partial charge in [-0.3, -0.25) is 9.59 Å². The molecule has 0 saturated heterocycles. The Morgan fingerprint density at radius 1 is 0.917 bits per heavy atom. The number of amides is 2. The first-order valence-electron chi connectivity index (χ1n) is 12.0. The Kier molecular flexibility index (Phi) is 10.2. The number of nitrogens with zero attached hydrogens (tertiary/aromatic N) is 1. The molecule has 36 heavy (non-hydrogen) atoms. The first kappa shape index (κ1) is 27.1. The van der Waals surface area contributed by atoms with Crippen LogP contribution in [0.1, 0.15) is 25.0 Å². The van der Waals surface area contributed by atoms with Crippen molar-refractivity contribution in [2.75, 3.05) is 20.3 Å². The Morgan fingerprint density at radius 2 is 1.58 bits per heavy atom. The monoisotopic (exact) mass is 508 g/mol. The largest absolute Gasteiger partial charge is 0.497 e. The van der Waals surface area contributed by atoms with Gasteiger partial charge in [-0.2, -0.15) is 0 Å². The summed E-state index contributed by atoms with van der Waals surface area (Å²) in [4.78, 5) is 28.6. The molecular formula is C29H33ClN2O4. The summed E-state index contributed by atoms with van der Waals surface area (Å²) in [6, 6.07) is 23.3. The lowest BCUT2D eigenvalue weighted by Crippen LogP contribution is -2.52. The number of halogens is 1. The van der Waals surface area contributed by atoms with Crippen molar-refractivity contribution in [2.45, 2.75) is 32.9 Å². The molecule has 3 rings (SSSR count). The molecule has 0 aliphatic carbocycles. The average molecular weight is 509 g/mol. The van der Waals surface area contributed by atoms with Crippen LogP contribution in [0.25, 0.3) is 0 Å². The van der Waals surface area contributed by atoms with E-state index < -0.39 is 6.04 Å². The molecule has 0 aliphatic rings. The van der Waals surface area contributed by atoms with Crippen molar-refractivity contribution in [1.29, 1.82) is 0 Å². The van der Waals surface area contributed by atoms with Crippen molar-refractivity contribution in [3.8, 4) is 11.5 Å². The van der Waals surface area contributed by atoms with E-state index in [2.05, 4.69) is 5.32 Å². The SMILES string of the molecule is COc1ccc(OCC(=O)N(Cc2cccc(Cl)c2)C(Cc2ccccc2)C(=O)NCC(C)C)cc1. The minimum absolute atomic E-state index is 0.202. The van der Waals surface area contributed by atoms with E-state index in [1.54, 1.807) is 48.4 Å². The molecule has 0 bridgehead atoms. The molecule has 0 fully saturated rings. The van der Waals surface area contributed by atoms with E-state index in [4.69, 9.17) is 21.1 Å². The number of hydrogen-bond donors (Lipinski definition) is 1. The molecule has 190 valence electrons. The predicted molar refractivity (Wildman–Crippen MR) is 142 cm³/mol. The second-order valence-corrected chi connectivity index (χ2v) is 9.40. The zero-order valence-corrected chi connectivity index (χ0v) is 21.7. The molecule has 0 radical (unpaired) electrons. The van der Waals surface area contributed by atoms with E-state index in [1.165, 1.54) is 0 Å². The van der Waals surface area contributed by atoms with Gasteiger partial charge in [0.25, 0.3) is 5.91 Å². The van der Waals surface area contributed by atoms with Crippen molar-refractivity contribution in [3.05, 3.63) is 95.0 Å². The minimum Gasteiger partial charge on any atom is -0.497 e. The summed E-state index contributed by atoms with van der Waals surface area (Å²) in [7, 11) is 1.59. The molecule has 2 amide bonds. The Balaban J connectivity index is 1.88. The predicted octanol–water partition coefficient (Wildman–Crippen LogP) is 5.14. The highest BCUT2D eigenvalue weighted by Crippen LogP contribution is 2.20. The summed E-state index contributed by atoms with van der Waals surface area (Å²) in [6.07, 6.45) is 0.375. The van der Waals surface area contributed by atoms with Gasteiger partial charge in [0.05, 0.1) is 7.11 Å². The quantitative estimate of drug-likeness (QED) is 0.368. The molecule has 0 aliphatic heterocycles. The van der Waals surface area contributed by atoms with Gasteiger partial charge in [0.15, 0.2) is 6.61 Å².